The second kappa shape index (κ2) is 3.75. The van der Waals surface area contributed by atoms with Crippen molar-refractivity contribution in [3.63, 3.8) is 0 Å². The van der Waals surface area contributed by atoms with Gasteiger partial charge in [-0.3, -0.25) is 0 Å². The van der Waals surface area contributed by atoms with E-state index < -0.39 is 0 Å². The van der Waals surface area contributed by atoms with Crippen molar-refractivity contribution in [3.05, 3.63) is 0 Å². The van der Waals surface area contributed by atoms with Crippen molar-refractivity contribution in [1.29, 1.82) is 5.41 Å². The van der Waals surface area contributed by atoms with Gasteiger partial charge in [0.15, 0.2) is 0 Å². The molecule has 1 aliphatic rings. The third-order valence-electron chi connectivity index (χ3n) is 2.12. The Labute approximate surface area is 63.3 Å². The van der Waals surface area contributed by atoms with Gasteiger partial charge in [-0.15, -0.1) is 0 Å². The quantitative estimate of drug-likeness (QED) is 0.447. The van der Waals surface area contributed by atoms with Crippen LogP contribution in [0.4, 0.5) is 0 Å². The molecule has 1 nitrogen and oxygen atoms in total. The number of hydrogen-bond donors (Lipinski definition) is 1. The molecule has 0 unspecified atom stereocenters. The Bertz CT molecular complexity index is 114. The van der Waals surface area contributed by atoms with Gasteiger partial charge in [0.2, 0.25) is 0 Å². The third kappa shape index (κ3) is 2.51. The molecule has 0 saturated heterocycles. The Balaban J connectivity index is 1.95. The van der Waals surface area contributed by atoms with Crippen LogP contribution in [0.15, 0.2) is 0 Å². The second-order valence-electron chi connectivity index (χ2n) is 3.26. The van der Waals surface area contributed by atoms with E-state index in [2.05, 4.69) is 6.92 Å². The van der Waals surface area contributed by atoms with Gasteiger partial charge in [-0.1, -0.05) is 19.8 Å². The molecule has 0 aromatic carbocycles. The summed E-state index contributed by atoms with van der Waals surface area (Å²) < 4.78 is 0. The minimum Gasteiger partial charge on any atom is -0.309 e. The predicted molar refractivity (Wildman–Crippen MR) is 44.6 cm³/mol. The van der Waals surface area contributed by atoms with Crippen LogP contribution < -0.4 is 0 Å². The second-order valence-corrected chi connectivity index (χ2v) is 3.26. The molecule has 0 amide bonds. The average Bonchev–Trinajstić information content (AvgIpc) is 2.69. The van der Waals surface area contributed by atoms with Crippen LogP contribution in [0.2, 0.25) is 0 Å². The zero-order chi connectivity index (χ0) is 7.40. The summed E-state index contributed by atoms with van der Waals surface area (Å²) in [6.07, 6.45) is 7.48. The van der Waals surface area contributed by atoms with Crippen LogP contribution in [0.1, 0.15) is 45.4 Å². The maximum Gasteiger partial charge on any atom is 0.0120 e. The van der Waals surface area contributed by atoms with Crippen molar-refractivity contribution in [1.82, 2.24) is 0 Å². The first-order chi connectivity index (χ1) is 4.84. The standard InChI is InChI=1S/C9H17N/c1-2-3-4-5-9(10)8-6-7-8/h8,10H,2-7H2,1H3. The van der Waals surface area contributed by atoms with E-state index in [4.69, 9.17) is 5.41 Å². The molecule has 1 heteroatoms. The summed E-state index contributed by atoms with van der Waals surface area (Å²) in [5, 5.41) is 7.58. The highest BCUT2D eigenvalue weighted by Crippen LogP contribution is 2.31. The van der Waals surface area contributed by atoms with Crippen LogP contribution in [0.25, 0.3) is 0 Å². The molecule has 0 bridgehead atoms. The lowest BCUT2D eigenvalue weighted by molar-refractivity contribution is 0.733. The molecule has 1 aliphatic carbocycles. The van der Waals surface area contributed by atoms with Crippen LogP contribution in [0, 0.1) is 11.3 Å². The smallest absolute Gasteiger partial charge is 0.0120 e. The molecule has 1 saturated carbocycles. The summed E-state index contributed by atoms with van der Waals surface area (Å²) in [6, 6.07) is 0. The molecule has 1 rings (SSSR count). The first-order valence-electron chi connectivity index (χ1n) is 4.42. The largest absolute Gasteiger partial charge is 0.309 e. The zero-order valence-corrected chi connectivity index (χ0v) is 6.82. The minimum atomic E-state index is 0.705. The third-order valence-corrected chi connectivity index (χ3v) is 2.12. The summed E-state index contributed by atoms with van der Waals surface area (Å²) in [7, 11) is 0. The van der Waals surface area contributed by atoms with E-state index in [0.717, 1.165) is 12.1 Å². The van der Waals surface area contributed by atoms with Gasteiger partial charge in [0.25, 0.3) is 0 Å². The molecule has 1 fully saturated rings. The lowest BCUT2D eigenvalue weighted by Crippen LogP contribution is -1.97. The monoisotopic (exact) mass is 139 g/mol. The van der Waals surface area contributed by atoms with Gasteiger partial charge in [0, 0.05) is 5.71 Å². The molecular formula is C9H17N. The molecule has 0 aliphatic heterocycles. The topological polar surface area (TPSA) is 23.9 Å². The van der Waals surface area contributed by atoms with E-state index in [0.29, 0.717) is 5.92 Å². The summed E-state index contributed by atoms with van der Waals surface area (Å²) >= 11 is 0. The van der Waals surface area contributed by atoms with E-state index in [1.54, 1.807) is 0 Å². The molecule has 0 heterocycles. The fraction of sp³-hybridized carbons (Fsp3) is 0.889. The molecule has 10 heavy (non-hydrogen) atoms. The highest BCUT2D eigenvalue weighted by atomic mass is 14.5. The van der Waals surface area contributed by atoms with Crippen LogP contribution in [-0.2, 0) is 0 Å². The van der Waals surface area contributed by atoms with Gasteiger partial charge in [-0.25, -0.2) is 0 Å². The SMILES string of the molecule is CCCCCC(=N)C1CC1. The molecule has 0 aromatic heterocycles. The Morgan fingerprint density at radius 2 is 2.10 bits per heavy atom. The maximum absolute atomic E-state index is 7.58. The van der Waals surface area contributed by atoms with E-state index in [9.17, 15) is 0 Å². The summed E-state index contributed by atoms with van der Waals surface area (Å²) in [4.78, 5) is 0. The predicted octanol–water partition coefficient (Wildman–Crippen LogP) is 3.00. The van der Waals surface area contributed by atoms with Crippen molar-refractivity contribution < 1.29 is 0 Å². The molecule has 1 N–H and O–H groups in total. The number of hydrogen-bond acceptors (Lipinski definition) is 1. The highest BCUT2D eigenvalue weighted by Gasteiger charge is 2.25. The van der Waals surface area contributed by atoms with Crippen molar-refractivity contribution in [2.24, 2.45) is 5.92 Å². The summed E-state index contributed by atoms with van der Waals surface area (Å²) in [6.45, 7) is 2.21. The van der Waals surface area contributed by atoms with Crippen molar-refractivity contribution in [2.45, 2.75) is 45.4 Å². The van der Waals surface area contributed by atoms with Gasteiger partial charge in [0.05, 0.1) is 0 Å². The zero-order valence-electron chi connectivity index (χ0n) is 6.82. The molecule has 0 aromatic rings. The van der Waals surface area contributed by atoms with Crippen molar-refractivity contribution >= 4 is 5.71 Å². The Morgan fingerprint density at radius 3 is 2.60 bits per heavy atom. The van der Waals surface area contributed by atoms with Gasteiger partial charge >= 0.3 is 0 Å². The Kier molecular flexibility index (Phi) is 2.91. The number of nitrogens with one attached hydrogen (secondary N) is 1. The maximum atomic E-state index is 7.58. The van der Waals surface area contributed by atoms with Crippen molar-refractivity contribution in [2.75, 3.05) is 0 Å². The van der Waals surface area contributed by atoms with E-state index in [1.165, 1.54) is 32.1 Å². The van der Waals surface area contributed by atoms with Gasteiger partial charge in [0.1, 0.15) is 0 Å². The van der Waals surface area contributed by atoms with E-state index in [1.807, 2.05) is 0 Å². The van der Waals surface area contributed by atoms with Gasteiger partial charge in [-0.2, -0.15) is 0 Å². The molecule has 0 radical (unpaired) electrons. The Morgan fingerprint density at radius 1 is 1.40 bits per heavy atom. The number of unbranched alkanes of at least 4 members (excludes halogenated alkanes) is 2. The van der Waals surface area contributed by atoms with Crippen LogP contribution in [0.5, 0.6) is 0 Å². The lowest BCUT2D eigenvalue weighted by atomic mass is 10.1. The van der Waals surface area contributed by atoms with Crippen molar-refractivity contribution in [3.8, 4) is 0 Å². The first-order valence-corrected chi connectivity index (χ1v) is 4.42. The van der Waals surface area contributed by atoms with Gasteiger partial charge < -0.3 is 5.41 Å². The normalized spacial score (nSPS) is 17.3. The lowest BCUT2D eigenvalue weighted by Gasteiger charge is -1.98. The summed E-state index contributed by atoms with van der Waals surface area (Å²) in [5.41, 5.74) is 1.02. The molecular weight excluding hydrogens is 122 g/mol. The van der Waals surface area contributed by atoms with Crippen LogP contribution >= 0.6 is 0 Å². The van der Waals surface area contributed by atoms with E-state index >= 15 is 0 Å². The minimum absolute atomic E-state index is 0.705. The first kappa shape index (κ1) is 7.77. The highest BCUT2D eigenvalue weighted by molar-refractivity contribution is 5.85. The van der Waals surface area contributed by atoms with Crippen LogP contribution in [0.3, 0.4) is 0 Å². The molecule has 58 valence electrons. The summed E-state index contributed by atoms with van der Waals surface area (Å²) in [5.74, 6) is 0.705. The molecule has 0 spiro atoms. The Hall–Kier alpha value is -0.330. The fourth-order valence-corrected chi connectivity index (χ4v) is 1.20. The fourth-order valence-electron chi connectivity index (χ4n) is 1.20. The van der Waals surface area contributed by atoms with Gasteiger partial charge in [-0.05, 0) is 31.6 Å². The average molecular weight is 139 g/mol. The van der Waals surface area contributed by atoms with E-state index in [-0.39, 0.29) is 0 Å². The van der Waals surface area contributed by atoms with Crippen LogP contribution in [-0.4, -0.2) is 5.71 Å². The number of rotatable bonds is 5. The molecule has 0 atom stereocenters.